The minimum absolute atomic E-state index is 0.0761. The second-order valence-electron chi connectivity index (χ2n) is 6.03. The Kier molecular flexibility index (Phi) is 4.90. The lowest BCUT2D eigenvalue weighted by molar-refractivity contribution is 0.150. The number of piperidine rings is 1. The maximum absolute atomic E-state index is 11.8. The largest absolute Gasteiger partial charge is 0.331 e. The Morgan fingerprint density at radius 1 is 1.05 bits per heavy atom. The molecule has 0 atom stereocenters. The lowest BCUT2D eigenvalue weighted by Gasteiger charge is -2.36. The number of hydrogen-bond donors (Lipinski definition) is 1. The molecule has 0 spiro atoms. The molecule has 2 aliphatic rings. The molecular formula is C13H25N3O3S. The Morgan fingerprint density at radius 2 is 1.55 bits per heavy atom. The molecule has 7 heteroatoms. The first-order valence-electron chi connectivity index (χ1n) is 7.30. The Morgan fingerprint density at radius 3 is 2.05 bits per heavy atom. The summed E-state index contributed by atoms with van der Waals surface area (Å²) in [6.07, 6.45) is 3.34. The van der Waals surface area contributed by atoms with Crippen LogP contribution in [0, 0.1) is 0 Å². The quantitative estimate of drug-likeness (QED) is 0.796. The van der Waals surface area contributed by atoms with Gasteiger partial charge in [-0.3, -0.25) is 0 Å². The van der Waals surface area contributed by atoms with E-state index in [4.69, 9.17) is 0 Å². The predicted molar refractivity (Wildman–Crippen MR) is 78.5 cm³/mol. The number of sulfone groups is 1. The number of carbonyl (C=O) groups excluding carboxylic acids is 1. The van der Waals surface area contributed by atoms with Gasteiger partial charge in [-0.1, -0.05) is 0 Å². The third-order valence-corrected chi connectivity index (χ3v) is 5.89. The fourth-order valence-corrected chi connectivity index (χ4v) is 4.40. The molecule has 0 radical (unpaired) electrons. The van der Waals surface area contributed by atoms with Crippen molar-refractivity contribution in [2.75, 3.05) is 38.7 Å². The molecule has 2 saturated heterocycles. The first-order chi connectivity index (χ1) is 9.37. The van der Waals surface area contributed by atoms with Crippen LogP contribution in [0.5, 0.6) is 0 Å². The van der Waals surface area contributed by atoms with Crippen molar-refractivity contribution >= 4 is 15.9 Å². The average molecular weight is 303 g/mol. The Bertz CT molecular complexity index is 428. The molecule has 2 fully saturated rings. The predicted octanol–water partition coefficient (Wildman–Crippen LogP) is 0.299. The Balaban J connectivity index is 1.74. The maximum atomic E-state index is 11.8. The van der Waals surface area contributed by atoms with Gasteiger partial charge in [0.2, 0.25) is 0 Å². The van der Waals surface area contributed by atoms with Crippen LogP contribution in [0.2, 0.25) is 0 Å². The maximum Gasteiger partial charge on any atom is 0.319 e. The van der Waals surface area contributed by atoms with Gasteiger partial charge in [-0.15, -0.1) is 0 Å². The SMILES string of the molecule is CN(C)C(=O)N1CCC(NC2CCS(=O)(=O)CC2)CC1. The van der Waals surface area contributed by atoms with Crippen LogP contribution >= 0.6 is 0 Å². The van der Waals surface area contributed by atoms with Crippen LogP contribution in [0.15, 0.2) is 0 Å². The summed E-state index contributed by atoms with van der Waals surface area (Å²) in [7, 11) is 0.761. The minimum atomic E-state index is -2.78. The fraction of sp³-hybridized carbons (Fsp3) is 0.923. The standard InChI is InChI=1S/C13H25N3O3S/c1-15(2)13(17)16-7-3-11(4-8-16)14-12-5-9-20(18,19)10-6-12/h11-12,14H,3-10H2,1-2H3. The van der Waals surface area contributed by atoms with Crippen LogP contribution in [-0.4, -0.2) is 75.0 Å². The first kappa shape index (κ1) is 15.6. The van der Waals surface area contributed by atoms with E-state index in [0.29, 0.717) is 23.6 Å². The van der Waals surface area contributed by atoms with E-state index >= 15 is 0 Å². The average Bonchev–Trinajstić information content (AvgIpc) is 2.41. The van der Waals surface area contributed by atoms with Gasteiger partial charge in [0.25, 0.3) is 0 Å². The number of carbonyl (C=O) groups is 1. The molecule has 0 aliphatic carbocycles. The number of nitrogens with zero attached hydrogens (tertiary/aromatic N) is 2. The van der Waals surface area contributed by atoms with E-state index in [2.05, 4.69) is 5.32 Å². The summed E-state index contributed by atoms with van der Waals surface area (Å²) in [6.45, 7) is 1.55. The molecule has 1 N–H and O–H groups in total. The monoisotopic (exact) mass is 303 g/mol. The third-order valence-electron chi connectivity index (χ3n) is 4.17. The fourth-order valence-electron chi connectivity index (χ4n) is 2.91. The van der Waals surface area contributed by atoms with Crippen molar-refractivity contribution in [2.24, 2.45) is 0 Å². The summed E-state index contributed by atoms with van der Waals surface area (Å²) in [5.41, 5.74) is 0. The van der Waals surface area contributed by atoms with Crippen molar-refractivity contribution in [1.82, 2.24) is 15.1 Å². The van der Waals surface area contributed by atoms with Gasteiger partial charge >= 0.3 is 6.03 Å². The second-order valence-corrected chi connectivity index (χ2v) is 8.33. The third kappa shape index (κ3) is 4.09. The van der Waals surface area contributed by atoms with Gasteiger partial charge in [0.15, 0.2) is 0 Å². The summed E-state index contributed by atoms with van der Waals surface area (Å²) in [5, 5.41) is 3.57. The van der Waals surface area contributed by atoms with Crippen molar-refractivity contribution in [3.8, 4) is 0 Å². The van der Waals surface area contributed by atoms with Crippen molar-refractivity contribution < 1.29 is 13.2 Å². The highest BCUT2D eigenvalue weighted by Gasteiger charge is 2.28. The van der Waals surface area contributed by atoms with Gasteiger partial charge in [0, 0.05) is 39.3 Å². The van der Waals surface area contributed by atoms with E-state index in [0.717, 1.165) is 38.8 Å². The molecular weight excluding hydrogens is 278 g/mol. The van der Waals surface area contributed by atoms with E-state index in [-0.39, 0.29) is 6.03 Å². The van der Waals surface area contributed by atoms with E-state index in [1.165, 1.54) is 0 Å². The number of rotatable bonds is 2. The summed E-state index contributed by atoms with van der Waals surface area (Å²) in [6, 6.07) is 0.804. The highest BCUT2D eigenvalue weighted by atomic mass is 32.2. The van der Waals surface area contributed by atoms with Crippen LogP contribution < -0.4 is 5.32 Å². The lowest BCUT2D eigenvalue weighted by Crippen LogP contribution is -2.51. The smallest absolute Gasteiger partial charge is 0.319 e. The first-order valence-corrected chi connectivity index (χ1v) is 9.12. The molecule has 0 aromatic rings. The minimum Gasteiger partial charge on any atom is -0.331 e. The molecule has 2 rings (SSSR count). The summed E-state index contributed by atoms with van der Waals surface area (Å²) >= 11 is 0. The van der Waals surface area contributed by atoms with Crippen molar-refractivity contribution in [1.29, 1.82) is 0 Å². The van der Waals surface area contributed by atoms with Crippen LogP contribution in [0.25, 0.3) is 0 Å². The normalized spacial score (nSPS) is 24.6. The zero-order valence-electron chi connectivity index (χ0n) is 12.3. The van der Waals surface area contributed by atoms with E-state index in [1.54, 1.807) is 19.0 Å². The molecule has 0 unspecified atom stereocenters. The number of likely N-dealkylation sites (tertiary alicyclic amines) is 1. The summed E-state index contributed by atoms with van der Waals surface area (Å²) < 4.78 is 22.8. The number of urea groups is 1. The lowest BCUT2D eigenvalue weighted by atomic mass is 10.0. The van der Waals surface area contributed by atoms with E-state index < -0.39 is 9.84 Å². The number of hydrogen-bond acceptors (Lipinski definition) is 4. The van der Waals surface area contributed by atoms with Crippen LogP contribution in [-0.2, 0) is 9.84 Å². The van der Waals surface area contributed by atoms with Gasteiger partial charge < -0.3 is 15.1 Å². The molecule has 0 aromatic carbocycles. The molecule has 116 valence electrons. The molecule has 6 nitrogen and oxygen atoms in total. The molecule has 20 heavy (non-hydrogen) atoms. The van der Waals surface area contributed by atoms with Crippen LogP contribution in [0.4, 0.5) is 4.79 Å². The van der Waals surface area contributed by atoms with Crippen molar-refractivity contribution in [2.45, 2.75) is 37.8 Å². The van der Waals surface area contributed by atoms with Crippen LogP contribution in [0.1, 0.15) is 25.7 Å². The van der Waals surface area contributed by atoms with Crippen molar-refractivity contribution in [3.05, 3.63) is 0 Å². The molecule has 2 amide bonds. The van der Waals surface area contributed by atoms with Crippen molar-refractivity contribution in [3.63, 3.8) is 0 Å². The number of amides is 2. The zero-order chi connectivity index (χ0) is 14.8. The topological polar surface area (TPSA) is 69.7 Å². The Labute approximate surface area is 121 Å². The van der Waals surface area contributed by atoms with E-state index in [9.17, 15) is 13.2 Å². The summed E-state index contributed by atoms with van der Waals surface area (Å²) in [4.78, 5) is 15.3. The number of nitrogens with one attached hydrogen (secondary N) is 1. The highest BCUT2D eigenvalue weighted by molar-refractivity contribution is 7.91. The molecule has 0 bridgehead atoms. The van der Waals surface area contributed by atoms with Gasteiger partial charge in [-0.25, -0.2) is 13.2 Å². The van der Waals surface area contributed by atoms with Gasteiger partial charge in [-0.2, -0.15) is 0 Å². The highest BCUT2D eigenvalue weighted by Crippen LogP contribution is 2.17. The Hall–Kier alpha value is -0.820. The second kappa shape index (κ2) is 6.30. The van der Waals surface area contributed by atoms with Gasteiger partial charge in [0.05, 0.1) is 11.5 Å². The zero-order valence-corrected chi connectivity index (χ0v) is 13.2. The van der Waals surface area contributed by atoms with Crippen LogP contribution in [0.3, 0.4) is 0 Å². The summed E-state index contributed by atoms with van der Waals surface area (Å²) in [5.74, 6) is 0.616. The van der Waals surface area contributed by atoms with Gasteiger partial charge in [-0.05, 0) is 25.7 Å². The molecule has 2 heterocycles. The molecule has 0 aromatic heterocycles. The molecule has 2 aliphatic heterocycles. The molecule has 0 saturated carbocycles. The van der Waals surface area contributed by atoms with E-state index in [1.807, 2.05) is 4.90 Å². The van der Waals surface area contributed by atoms with Gasteiger partial charge in [0.1, 0.15) is 9.84 Å².